The molecule has 0 fully saturated rings. The number of ether oxygens (including phenoxy) is 1. The van der Waals surface area contributed by atoms with Gasteiger partial charge in [-0.2, -0.15) is 0 Å². The van der Waals surface area contributed by atoms with Gasteiger partial charge in [0.1, 0.15) is 5.75 Å². The molecule has 2 aromatic carbocycles. The van der Waals surface area contributed by atoms with E-state index in [0.29, 0.717) is 6.04 Å². The van der Waals surface area contributed by atoms with Crippen LogP contribution in [0.3, 0.4) is 0 Å². The van der Waals surface area contributed by atoms with Crippen molar-refractivity contribution in [3.05, 3.63) is 65.2 Å². The highest BCUT2D eigenvalue weighted by molar-refractivity contribution is 5.27. The first kappa shape index (κ1) is 15.6. The molecule has 1 N–H and O–H groups in total. The van der Waals surface area contributed by atoms with E-state index >= 15 is 0 Å². The average Bonchev–Trinajstić information content (AvgIpc) is 2.51. The van der Waals surface area contributed by atoms with Crippen molar-refractivity contribution in [2.45, 2.75) is 39.3 Å². The fraction of sp³-hybridized carbons (Fsp3) is 0.368. The lowest BCUT2D eigenvalue weighted by molar-refractivity contribution is 0.414. The van der Waals surface area contributed by atoms with E-state index in [1.54, 1.807) is 7.11 Å². The van der Waals surface area contributed by atoms with Gasteiger partial charge in [-0.05, 0) is 49.9 Å². The highest BCUT2D eigenvalue weighted by Gasteiger charge is 2.03. The maximum absolute atomic E-state index is 5.18. The molecular weight excluding hydrogens is 258 g/mol. The first-order valence-electron chi connectivity index (χ1n) is 7.59. The third-order valence-electron chi connectivity index (χ3n) is 3.76. The van der Waals surface area contributed by atoms with Crippen LogP contribution in [0.5, 0.6) is 5.75 Å². The predicted molar refractivity (Wildman–Crippen MR) is 88.8 cm³/mol. The van der Waals surface area contributed by atoms with Gasteiger partial charge in [-0.15, -0.1) is 0 Å². The van der Waals surface area contributed by atoms with Crippen molar-refractivity contribution in [1.29, 1.82) is 0 Å². The van der Waals surface area contributed by atoms with Crippen LogP contribution in [0.15, 0.2) is 48.5 Å². The maximum atomic E-state index is 5.18. The molecule has 0 heterocycles. The second kappa shape index (κ2) is 7.84. The van der Waals surface area contributed by atoms with Crippen molar-refractivity contribution in [1.82, 2.24) is 5.32 Å². The number of hydrogen-bond acceptors (Lipinski definition) is 2. The Kier molecular flexibility index (Phi) is 5.82. The topological polar surface area (TPSA) is 21.3 Å². The van der Waals surface area contributed by atoms with Gasteiger partial charge in [0.05, 0.1) is 7.11 Å². The molecule has 0 bridgehead atoms. The molecule has 1 unspecified atom stereocenters. The molecule has 2 nitrogen and oxygen atoms in total. The summed E-state index contributed by atoms with van der Waals surface area (Å²) in [7, 11) is 1.70. The second-order valence-electron chi connectivity index (χ2n) is 5.66. The van der Waals surface area contributed by atoms with E-state index in [-0.39, 0.29) is 0 Å². The minimum Gasteiger partial charge on any atom is -0.497 e. The van der Waals surface area contributed by atoms with Crippen LogP contribution in [-0.2, 0) is 13.0 Å². The molecule has 0 aliphatic rings. The van der Waals surface area contributed by atoms with E-state index in [9.17, 15) is 0 Å². The SMILES string of the molecule is COc1ccc(CCC(C)NCc2cccc(C)c2)cc1. The number of hydrogen-bond donors (Lipinski definition) is 1. The van der Waals surface area contributed by atoms with Crippen molar-refractivity contribution >= 4 is 0 Å². The van der Waals surface area contributed by atoms with Gasteiger partial charge in [0, 0.05) is 12.6 Å². The van der Waals surface area contributed by atoms with Crippen molar-refractivity contribution in [2.24, 2.45) is 0 Å². The molecule has 112 valence electrons. The summed E-state index contributed by atoms with van der Waals surface area (Å²) in [5, 5.41) is 3.59. The molecule has 0 saturated carbocycles. The lowest BCUT2D eigenvalue weighted by Gasteiger charge is -2.14. The summed E-state index contributed by atoms with van der Waals surface area (Å²) in [6, 6.07) is 17.5. The van der Waals surface area contributed by atoms with E-state index in [0.717, 1.165) is 25.1 Å². The summed E-state index contributed by atoms with van der Waals surface area (Å²) in [6.07, 6.45) is 2.23. The van der Waals surface area contributed by atoms with Gasteiger partial charge in [-0.1, -0.05) is 42.0 Å². The van der Waals surface area contributed by atoms with Gasteiger partial charge in [-0.3, -0.25) is 0 Å². The largest absolute Gasteiger partial charge is 0.497 e. The molecule has 0 radical (unpaired) electrons. The van der Waals surface area contributed by atoms with Gasteiger partial charge in [-0.25, -0.2) is 0 Å². The molecule has 2 heteroatoms. The Labute approximate surface area is 128 Å². The Morgan fingerprint density at radius 1 is 1.05 bits per heavy atom. The monoisotopic (exact) mass is 283 g/mol. The van der Waals surface area contributed by atoms with Gasteiger partial charge < -0.3 is 10.1 Å². The summed E-state index contributed by atoms with van der Waals surface area (Å²) >= 11 is 0. The zero-order valence-electron chi connectivity index (χ0n) is 13.2. The van der Waals surface area contributed by atoms with Gasteiger partial charge >= 0.3 is 0 Å². The quantitative estimate of drug-likeness (QED) is 0.825. The van der Waals surface area contributed by atoms with Crippen LogP contribution in [0.2, 0.25) is 0 Å². The number of aryl methyl sites for hydroxylation is 2. The van der Waals surface area contributed by atoms with E-state index in [2.05, 4.69) is 55.6 Å². The van der Waals surface area contributed by atoms with Crippen LogP contribution in [0.4, 0.5) is 0 Å². The van der Waals surface area contributed by atoms with E-state index in [4.69, 9.17) is 4.74 Å². The number of methoxy groups -OCH3 is 1. The molecule has 0 aliphatic heterocycles. The maximum Gasteiger partial charge on any atom is 0.118 e. The van der Waals surface area contributed by atoms with E-state index < -0.39 is 0 Å². The molecule has 1 atom stereocenters. The molecule has 21 heavy (non-hydrogen) atoms. The molecule has 0 aliphatic carbocycles. The molecule has 0 amide bonds. The molecule has 2 aromatic rings. The van der Waals surface area contributed by atoms with Crippen molar-refractivity contribution in [3.8, 4) is 5.75 Å². The van der Waals surface area contributed by atoms with E-state index in [1.165, 1.54) is 16.7 Å². The van der Waals surface area contributed by atoms with Crippen LogP contribution in [0.1, 0.15) is 30.0 Å². The highest BCUT2D eigenvalue weighted by atomic mass is 16.5. The summed E-state index contributed by atoms with van der Waals surface area (Å²) in [5.74, 6) is 0.921. The normalized spacial score (nSPS) is 12.1. The first-order valence-corrected chi connectivity index (χ1v) is 7.59. The average molecular weight is 283 g/mol. The minimum atomic E-state index is 0.507. The van der Waals surface area contributed by atoms with Gasteiger partial charge in [0.2, 0.25) is 0 Å². The Morgan fingerprint density at radius 3 is 2.48 bits per heavy atom. The lowest BCUT2D eigenvalue weighted by Crippen LogP contribution is -2.25. The minimum absolute atomic E-state index is 0.507. The second-order valence-corrected chi connectivity index (χ2v) is 5.66. The Balaban J connectivity index is 1.75. The van der Waals surface area contributed by atoms with Crippen molar-refractivity contribution in [2.75, 3.05) is 7.11 Å². The van der Waals surface area contributed by atoms with Crippen LogP contribution in [0.25, 0.3) is 0 Å². The fourth-order valence-corrected chi connectivity index (χ4v) is 2.39. The van der Waals surface area contributed by atoms with Gasteiger partial charge in [0.15, 0.2) is 0 Å². The number of benzene rings is 2. The Bertz CT molecular complexity index is 548. The number of nitrogens with one attached hydrogen (secondary N) is 1. The van der Waals surface area contributed by atoms with Crippen molar-refractivity contribution in [3.63, 3.8) is 0 Å². The van der Waals surface area contributed by atoms with Crippen LogP contribution in [0, 0.1) is 6.92 Å². The molecule has 2 rings (SSSR count). The third kappa shape index (κ3) is 5.24. The highest BCUT2D eigenvalue weighted by Crippen LogP contribution is 2.13. The predicted octanol–water partition coefficient (Wildman–Crippen LogP) is 4.11. The first-order chi connectivity index (χ1) is 10.2. The molecule has 0 saturated heterocycles. The Morgan fingerprint density at radius 2 is 1.81 bits per heavy atom. The zero-order chi connectivity index (χ0) is 15.1. The summed E-state index contributed by atoms with van der Waals surface area (Å²) in [6.45, 7) is 5.32. The summed E-state index contributed by atoms with van der Waals surface area (Å²) in [5.41, 5.74) is 4.03. The molecule has 0 aromatic heterocycles. The van der Waals surface area contributed by atoms with Crippen LogP contribution >= 0.6 is 0 Å². The standard InChI is InChI=1S/C19H25NO/c1-15-5-4-6-18(13-15)14-20-16(2)7-8-17-9-11-19(21-3)12-10-17/h4-6,9-13,16,20H,7-8,14H2,1-3H3. The number of rotatable bonds is 7. The van der Waals surface area contributed by atoms with Crippen LogP contribution in [-0.4, -0.2) is 13.2 Å². The van der Waals surface area contributed by atoms with Crippen LogP contribution < -0.4 is 10.1 Å². The molecule has 0 spiro atoms. The fourth-order valence-electron chi connectivity index (χ4n) is 2.39. The third-order valence-corrected chi connectivity index (χ3v) is 3.76. The summed E-state index contributed by atoms with van der Waals surface area (Å²) in [4.78, 5) is 0. The lowest BCUT2D eigenvalue weighted by atomic mass is 10.1. The smallest absolute Gasteiger partial charge is 0.118 e. The molecular formula is C19H25NO. The van der Waals surface area contributed by atoms with E-state index in [1.807, 2.05) is 12.1 Å². The van der Waals surface area contributed by atoms with Crippen molar-refractivity contribution < 1.29 is 4.74 Å². The zero-order valence-corrected chi connectivity index (χ0v) is 13.2. The van der Waals surface area contributed by atoms with Gasteiger partial charge in [0.25, 0.3) is 0 Å². The summed E-state index contributed by atoms with van der Waals surface area (Å²) < 4.78 is 5.18. The Hall–Kier alpha value is -1.80.